The first-order chi connectivity index (χ1) is 12.4. The van der Waals surface area contributed by atoms with Crippen LogP contribution in [0.25, 0.3) is 10.9 Å². The van der Waals surface area contributed by atoms with E-state index in [0.717, 1.165) is 12.3 Å². The molecule has 0 aliphatic carbocycles. The van der Waals surface area contributed by atoms with E-state index in [1.54, 1.807) is 12.1 Å². The second-order valence-electron chi connectivity index (χ2n) is 4.99. The lowest BCUT2D eigenvalue weighted by Crippen LogP contribution is -2.23. The number of carbonyl (C=O) groups is 1. The minimum Gasteiger partial charge on any atom is -0.360 e. The summed E-state index contributed by atoms with van der Waals surface area (Å²) in [6.45, 7) is 4.00. The van der Waals surface area contributed by atoms with E-state index >= 15 is 0 Å². The Morgan fingerprint density at radius 2 is 1.96 bits per heavy atom. The molecule has 0 atom stereocenters. The maximum Gasteiger partial charge on any atom is 0.241 e. The van der Waals surface area contributed by atoms with Crippen LogP contribution >= 0.6 is 0 Å². The summed E-state index contributed by atoms with van der Waals surface area (Å²) in [5.41, 5.74) is -0.00351. The summed E-state index contributed by atoms with van der Waals surface area (Å²) < 4.78 is 51.9. The van der Waals surface area contributed by atoms with Gasteiger partial charge in [0.05, 0.1) is 15.8 Å². The highest BCUT2D eigenvalue weighted by Crippen LogP contribution is 2.27. The minimum atomic E-state index is -4.13. The lowest BCUT2D eigenvalue weighted by atomic mass is 10.2. The fraction of sp³-hybridized carbons (Fsp3) is 0.176. The van der Waals surface area contributed by atoms with Gasteiger partial charge in [0.25, 0.3) is 0 Å². The second kappa shape index (κ2) is 8.05. The van der Waals surface area contributed by atoms with Crippen LogP contribution in [0.1, 0.15) is 13.8 Å². The zero-order valence-corrected chi connectivity index (χ0v) is 14.9. The van der Waals surface area contributed by atoms with Gasteiger partial charge in [0, 0.05) is 18.5 Å². The first kappa shape index (κ1) is 19.5. The van der Waals surface area contributed by atoms with Crippen LogP contribution < -0.4 is 5.32 Å². The number of hydrogen-bond donors (Lipinski definition) is 2. The molecule has 138 valence electrons. The van der Waals surface area contributed by atoms with Gasteiger partial charge in [0.2, 0.25) is 5.91 Å². The van der Waals surface area contributed by atoms with Gasteiger partial charge in [-0.3, -0.25) is 4.79 Å². The zero-order chi connectivity index (χ0) is 19.3. The van der Waals surface area contributed by atoms with E-state index in [1.165, 1.54) is 12.3 Å². The minimum absolute atomic E-state index is 0.00351. The van der Waals surface area contributed by atoms with Gasteiger partial charge in [0.15, 0.2) is 9.84 Å². The van der Waals surface area contributed by atoms with Crippen LogP contribution in [-0.4, -0.2) is 30.0 Å². The van der Waals surface area contributed by atoms with Crippen LogP contribution in [0.4, 0.5) is 14.6 Å². The van der Waals surface area contributed by atoms with Gasteiger partial charge in [-0.15, -0.1) is 0 Å². The first-order valence-corrected chi connectivity index (χ1v) is 9.42. The molecule has 9 heteroatoms. The number of aromatic amines is 1. The summed E-state index contributed by atoms with van der Waals surface area (Å²) in [4.78, 5) is 17.9. The third-order valence-corrected chi connectivity index (χ3v) is 4.88. The number of fused-ring (bicyclic) bond motifs is 1. The van der Waals surface area contributed by atoms with Crippen molar-refractivity contribution < 1.29 is 22.0 Å². The van der Waals surface area contributed by atoms with Crippen molar-refractivity contribution in [1.82, 2.24) is 9.97 Å². The molecule has 0 bridgehead atoms. The summed E-state index contributed by atoms with van der Waals surface area (Å²) in [6.07, 6.45) is 2.48. The van der Waals surface area contributed by atoms with E-state index in [1.807, 2.05) is 13.8 Å². The molecular formula is C17H17F2N3O3S. The van der Waals surface area contributed by atoms with Crippen LogP contribution in [0, 0.1) is 11.6 Å². The average Bonchev–Trinajstić information content (AvgIpc) is 3.02. The Kier molecular flexibility index (Phi) is 6.04. The molecule has 0 saturated carbocycles. The van der Waals surface area contributed by atoms with Crippen molar-refractivity contribution in [2.45, 2.75) is 18.7 Å². The molecule has 2 aromatic heterocycles. The number of amides is 1. The van der Waals surface area contributed by atoms with Crippen molar-refractivity contribution in [3.05, 3.63) is 54.4 Å². The summed E-state index contributed by atoms with van der Waals surface area (Å²) >= 11 is 0. The molecule has 0 unspecified atom stereocenters. The largest absolute Gasteiger partial charge is 0.360 e. The number of halogens is 2. The molecule has 6 nitrogen and oxygen atoms in total. The number of nitrogens with one attached hydrogen (secondary N) is 2. The van der Waals surface area contributed by atoms with Crippen molar-refractivity contribution >= 4 is 32.5 Å². The Balaban J connectivity index is 0.00000117. The monoisotopic (exact) mass is 381 g/mol. The predicted octanol–water partition coefficient (Wildman–Crippen LogP) is 3.28. The van der Waals surface area contributed by atoms with E-state index in [-0.39, 0.29) is 16.7 Å². The van der Waals surface area contributed by atoms with E-state index in [0.29, 0.717) is 6.07 Å². The zero-order valence-electron chi connectivity index (χ0n) is 14.1. The third-order valence-electron chi connectivity index (χ3n) is 3.25. The number of aromatic nitrogens is 2. The van der Waals surface area contributed by atoms with Crippen LogP contribution in [0.5, 0.6) is 0 Å². The molecule has 1 aromatic carbocycles. The standard InChI is InChI=1S/C15H11F2N3O3S.C2H6/c16-9-5-10(17)15-11(6-9)19-7-12(15)24(22,23)8-14(21)20-13-3-1-2-4-18-13;1-2/h1-7,19H,8H2,(H,18,20,21);1-2H3. The number of carbonyl (C=O) groups excluding carboxylic acids is 1. The second-order valence-corrected chi connectivity index (χ2v) is 6.94. The number of nitrogens with zero attached hydrogens (tertiary/aromatic N) is 1. The summed E-state index contributed by atoms with van der Waals surface area (Å²) in [7, 11) is -4.13. The highest BCUT2D eigenvalue weighted by Gasteiger charge is 2.25. The molecule has 2 N–H and O–H groups in total. The number of anilines is 1. The Morgan fingerprint density at radius 3 is 2.62 bits per heavy atom. The van der Waals surface area contributed by atoms with E-state index in [2.05, 4.69) is 15.3 Å². The van der Waals surface area contributed by atoms with Crippen LogP contribution in [-0.2, 0) is 14.6 Å². The smallest absolute Gasteiger partial charge is 0.241 e. The average molecular weight is 381 g/mol. The van der Waals surface area contributed by atoms with Gasteiger partial charge in [-0.1, -0.05) is 19.9 Å². The molecule has 2 heterocycles. The van der Waals surface area contributed by atoms with E-state index in [9.17, 15) is 22.0 Å². The maximum absolute atomic E-state index is 13.9. The number of H-pyrrole nitrogens is 1. The summed E-state index contributed by atoms with van der Waals surface area (Å²) in [5, 5.41) is 2.06. The van der Waals surface area contributed by atoms with Gasteiger partial charge in [-0.25, -0.2) is 22.2 Å². The number of rotatable bonds is 4. The fourth-order valence-electron chi connectivity index (χ4n) is 2.26. The lowest BCUT2D eigenvalue weighted by molar-refractivity contribution is -0.113. The molecule has 0 aliphatic heterocycles. The van der Waals surface area contributed by atoms with Crippen molar-refractivity contribution in [2.75, 3.05) is 11.1 Å². The van der Waals surface area contributed by atoms with Crippen molar-refractivity contribution in [3.8, 4) is 0 Å². The van der Waals surface area contributed by atoms with Gasteiger partial charge in [-0.2, -0.15) is 0 Å². The number of pyridine rings is 1. The molecule has 0 saturated heterocycles. The first-order valence-electron chi connectivity index (χ1n) is 7.76. The van der Waals surface area contributed by atoms with Gasteiger partial charge < -0.3 is 10.3 Å². The normalized spacial score (nSPS) is 10.9. The summed E-state index contributed by atoms with van der Waals surface area (Å²) in [6, 6.07) is 6.33. The van der Waals surface area contributed by atoms with Gasteiger partial charge in [0.1, 0.15) is 23.2 Å². The lowest BCUT2D eigenvalue weighted by Gasteiger charge is -2.05. The number of sulfone groups is 1. The highest BCUT2D eigenvalue weighted by atomic mass is 32.2. The molecule has 0 spiro atoms. The fourth-order valence-corrected chi connectivity index (χ4v) is 3.59. The van der Waals surface area contributed by atoms with E-state index < -0.39 is 38.0 Å². The Morgan fingerprint density at radius 1 is 1.23 bits per heavy atom. The third kappa shape index (κ3) is 4.23. The molecule has 3 aromatic rings. The van der Waals surface area contributed by atoms with E-state index in [4.69, 9.17) is 0 Å². The van der Waals surface area contributed by atoms with Gasteiger partial charge in [-0.05, 0) is 18.2 Å². The molecule has 1 amide bonds. The SMILES string of the molecule is CC.O=C(CS(=O)(=O)c1c[nH]c2cc(F)cc(F)c12)Nc1ccccn1. The van der Waals surface area contributed by atoms with Crippen LogP contribution in [0.15, 0.2) is 47.6 Å². The number of benzene rings is 1. The van der Waals surface area contributed by atoms with Crippen LogP contribution in [0.2, 0.25) is 0 Å². The van der Waals surface area contributed by atoms with Gasteiger partial charge >= 0.3 is 0 Å². The predicted molar refractivity (Wildman–Crippen MR) is 94.5 cm³/mol. The van der Waals surface area contributed by atoms with Crippen molar-refractivity contribution in [3.63, 3.8) is 0 Å². The number of hydrogen-bond acceptors (Lipinski definition) is 4. The molecule has 26 heavy (non-hydrogen) atoms. The summed E-state index contributed by atoms with van der Waals surface area (Å²) in [5.74, 6) is -3.36. The Hall–Kier alpha value is -2.81. The highest BCUT2D eigenvalue weighted by molar-refractivity contribution is 7.92. The quantitative estimate of drug-likeness (QED) is 0.725. The van der Waals surface area contributed by atoms with Crippen molar-refractivity contribution in [2.24, 2.45) is 0 Å². The van der Waals surface area contributed by atoms with Crippen molar-refractivity contribution in [1.29, 1.82) is 0 Å². The Bertz CT molecular complexity index is 1020. The molecule has 0 fully saturated rings. The van der Waals surface area contributed by atoms with Crippen LogP contribution in [0.3, 0.4) is 0 Å². The molecular weight excluding hydrogens is 364 g/mol. The Labute approximate surface area is 149 Å². The molecule has 0 radical (unpaired) electrons. The maximum atomic E-state index is 13.9. The molecule has 0 aliphatic rings. The topological polar surface area (TPSA) is 91.9 Å². The molecule has 3 rings (SSSR count).